The number of halogens is 3. The van der Waals surface area contributed by atoms with Crippen LogP contribution in [0.1, 0.15) is 29.7 Å². The molecule has 0 bridgehead atoms. The number of benzene rings is 2. The Bertz CT molecular complexity index is 613. The average molecular weight is 340 g/mol. The molecule has 1 unspecified atom stereocenters. The van der Waals surface area contributed by atoms with Crippen molar-refractivity contribution in [1.29, 1.82) is 0 Å². The van der Waals surface area contributed by atoms with Crippen molar-refractivity contribution in [2.75, 3.05) is 6.54 Å². The van der Waals surface area contributed by atoms with Crippen molar-refractivity contribution < 1.29 is 8.78 Å². The fraction of sp³-hybridized carbons (Fsp3) is 0.250. The third-order valence-electron chi connectivity index (χ3n) is 3.24. The molecule has 106 valence electrons. The maximum atomic E-state index is 13.5. The quantitative estimate of drug-likeness (QED) is 0.848. The molecule has 1 N–H and O–H groups in total. The third-order valence-corrected chi connectivity index (χ3v) is 3.85. The van der Waals surface area contributed by atoms with Crippen molar-refractivity contribution in [2.45, 2.75) is 19.9 Å². The molecule has 1 nitrogen and oxygen atoms in total. The smallest absolute Gasteiger partial charge is 0.137 e. The number of nitrogens with one attached hydrogen (secondary N) is 1. The molecule has 0 aromatic heterocycles. The summed E-state index contributed by atoms with van der Waals surface area (Å²) in [6.07, 6.45) is 0. The number of aryl methyl sites for hydroxylation is 1. The molecule has 0 saturated carbocycles. The minimum absolute atomic E-state index is 0.160. The van der Waals surface area contributed by atoms with Crippen LogP contribution in [0.3, 0.4) is 0 Å². The minimum Gasteiger partial charge on any atom is -0.307 e. The van der Waals surface area contributed by atoms with Crippen molar-refractivity contribution >= 4 is 15.9 Å². The molecule has 2 aromatic rings. The van der Waals surface area contributed by atoms with Crippen molar-refractivity contribution in [2.24, 2.45) is 0 Å². The summed E-state index contributed by atoms with van der Waals surface area (Å²) in [5, 5.41) is 3.32. The van der Waals surface area contributed by atoms with Gasteiger partial charge in [-0.2, -0.15) is 0 Å². The van der Waals surface area contributed by atoms with E-state index in [1.807, 2.05) is 13.8 Å². The largest absolute Gasteiger partial charge is 0.307 e. The van der Waals surface area contributed by atoms with Crippen LogP contribution in [-0.4, -0.2) is 6.54 Å². The molecular weight excluding hydrogens is 324 g/mol. The van der Waals surface area contributed by atoms with Crippen LogP contribution >= 0.6 is 15.9 Å². The Hall–Kier alpha value is -1.26. The van der Waals surface area contributed by atoms with Gasteiger partial charge in [0.15, 0.2) is 0 Å². The molecule has 0 aliphatic rings. The highest BCUT2D eigenvalue weighted by Gasteiger charge is 2.17. The summed E-state index contributed by atoms with van der Waals surface area (Å²) >= 11 is 3.19. The van der Waals surface area contributed by atoms with Crippen LogP contribution in [0.2, 0.25) is 0 Å². The van der Waals surface area contributed by atoms with E-state index in [-0.39, 0.29) is 17.7 Å². The van der Waals surface area contributed by atoms with Gasteiger partial charge in [0.1, 0.15) is 11.6 Å². The summed E-state index contributed by atoms with van der Waals surface area (Å²) < 4.78 is 27.3. The van der Waals surface area contributed by atoms with Gasteiger partial charge in [-0.05, 0) is 70.4 Å². The summed E-state index contributed by atoms with van der Waals surface area (Å²) in [6.45, 7) is 4.66. The zero-order valence-electron chi connectivity index (χ0n) is 11.4. The van der Waals surface area contributed by atoms with Gasteiger partial charge in [0.25, 0.3) is 0 Å². The van der Waals surface area contributed by atoms with Gasteiger partial charge in [-0.15, -0.1) is 0 Å². The number of rotatable bonds is 4. The highest BCUT2D eigenvalue weighted by Crippen LogP contribution is 2.28. The second kappa shape index (κ2) is 6.46. The molecule has 2 aromatic carbocycles. The van der Waals surface area contributed by atoms with Crippen LogP contribution in [0, 0.1) is 18.6 Å². The summed E-state index contributed by atoms with van der Waals surface area (Å²) in [5.41, 5.74) is 2.76. The molecule has 0 aliphatic carbocycles. The number of hydrogen-bond donors (Lipinski definition) is 1. The van der Waals surface area contributed by atoms with Crippen LogP contribution in [0.4, 0.5) is 8.78 Å². The molecule has 0 saturated heterocycles. The maximum Gasteiger partial charge on any atom is 0.137 e. The van der Waals surface area contributed by atoms with Crippen LogP contribution in [-0.2, 0) is 0 Å². The van der Waals surface area contributed by atoms with Gasteiger partial charge in [-0.1, -0.05) is 19.1 Å². The topological polar surface area (TPSA) is 12.0 Å². The van der Waals surface area contributed by atoms with E-state index in [9.17, 15) is 8.78 Å². The Labute approximate surface area is 126 Å². The minimum atomic E-state index is -0.306. The molecule has 0 aliphatic heterocycles. The van der Waals surface area contributed by atoms with Gasteiger partial charge in [0.05, 0.1) is 10.5 Å². The molecule has 0 spiro atoms. The highest BCUT2D eigenvalue weighted by atomic mass is 79.9. The van der Waals surface area contributed by atoms with Crippen molar-refractivity contribution in [3.8, 4) is 0 Å². The molecule has 20 heavy (non-hydrogen) atoms. The Balaban J connectivity index is 2.49. The first-order valence-corrected chi connectivity index (χ1v) is 7.26. The van der Waals surface area contributed by atoms with Gasteiger partial charge in [0.2, 0.25) is 0 Å². The van der Waals surface area contributed by atoms with E-state index in [1.54, 1.807) is 18.2 Å². The fourth-order valence-corrected chi connectivity index (χ4v) is 2.62. The SMILES string of the molecule is CCNC(c1ccc(F)c(Br)c1)c1cc(F)ccc1C. The van der Waals surface area contributed by atoms with E-state index in [1.165, 1.54) is 18.2 Å². The van der Waals surface area contributed by atoms with Crippen molar-refractivity contribution in [1.82, 2.24) is 5.32 Å². The lowest BCUT2D eigenvalue weighted by molar-refractivity contribution is 0.595. The first-order valence-electron chi connectivity index (χ1n) is 6.47. The second-order valence-corrected chi connectivity index (χ2v) is 5.52. The standard InChI is InChI=1S/C16H16BrF2N/c1-3-20-16(11-5-7-15(19)14(17)8-11)13-9-12(18)6-4-10(13)2/h4-9,16,20H,3H2,1-2H3. The Morgan fingerprint density at radius 1 is 1.15 bits per heavy atom. The van der Waals surface area contributed by atoms with Crippen molar-refractivity contribution in [3.63, 3.8) is 0 Å². The van der Waals surface area contributed by atoms with Crippen LogP contribution < -0.4 is 5.32 Å². The maximum absolute atomic E-state index is 13.5. The second-order valence-electron chi connectivity index (χ2n) is 4.67. The summed E-state index contributed by atoms with van der Waals surface area (Å²) in [7, 11) is 0. The fourth-order valence-electron chi connectivity index (χ4n) is 2.23. The van der Waals surface area contributed by atoms with E-state index in [2.05, 4.69) is 21.2 Å². The molecule has 2 rings (SSSR count). The molecule has 4 heteroatoms. The monoisotopic (exact) mass is 339 g/mol. The van der Waals surface area contributed by atoms with E-state index in [0.29, 0.717) is 4.47 Å². The zero-order valence-corrected chi connectivity index (χ0v) is 13.0. The molecule has 0 heterocycles. The third kappa shape index (κ3) is 3.25. The lowest BCUT2D eigenvalue weighted by Gasteiger charge is -2.21. The highest BCUT2D eigenvalue weighted by molar-refractivity contribution is 9.10. The van der Waals surface area contributed by atoms with Crippen LogP contribution in [0.15, 0.2) is 40.9 Å². The molecule has 1 atom stereocenters. The first kappa shape index (κ1) is 15.1. The Kier molecular flexibility index (Phi) is 4.89. The Morgan fingerprint density at radius 3 is 2.55 bits per heavy atom. The van der Waals surface area contributed by atoms with E-state index >= 15 is 0 Å². The van der Waals surface area contributed by atoms with Gasteiger partial charge in [-0.3, -0.25) is 0 Å². The first-order chi connectivity index (χ1) is 9.52. The lowest BCUT2D eigenvalue weighted by atomic mass is 9.95. The Morgan fingerprint density at radius 2 is 1.90 bits per heavy atom. The van der Waals surface area contributed by atoms with E-state index < -0.39 is 0 Å². The summed E-state index contributed by atoms with van der Waals surface area (Å²) in [4.78, 5) is 0. The van der Waals surface area contributed by atoms with Crippen molar-refractivity contribution in [3.05, 3.63) is 69.2 Å². The van der Waals surface area contributed by atoms with Gasteiger partial charge < -0.3 is 5.32 Å². The predicted octanol–water partition coefficient (Wildman–Crippen LogP) is 4.73. The molecule has 0 fully saturated rings. The van der Waals surface area contributed by atoms with Gasteiger partial charge >= 0.3 is 0 Å². The van der Waals surface area contributed by atoms with Crippen LogP contribution in [0.25, 0.3) is 0 Å². The molecule has 0 amide bonds. The zero-order chi connectivity index (χ0) is 14.7. The lowest BCUT2D eigenvalue weighted by Crippen LogP contribution is -2.23. The summed E-state index contributed by atoms with van der Waals surface area (Å²) in [5.74, 6) is -0.574. The molecular formula is C16H16BrF2N. The average Bonchev–Trinajstić information content (AvgIpc) is 2.42. The van der Waals surface area contributed by atoms with E-state index in [4.69, 9.17) is 0 Å². The molecule has 0 radical (unpaired) electrons. The normalized spacial score (nSPS) is 12.4. The van der Waals surface area contributed by atoms with Gasteiger partial charge in [0, 0.05) is 0 Å². The van der Waals surface area contributed by atoms with Gasteiger partial charge in [-0.25, -0.2) is 8.78 Å². The van der Waals surface area contributed by atoms with Crippen LogP contribution in [0.5, 0.6) is 0 Å². The van der Waals surface area contributed by atoms with E-state index in [0.717, 1.165) is 23.2 Å². The predicted molar refractivity (Wildman–Crippen MR) is 80.8 cm³/mol. The summed E-state index contributed by atoms with van der Waals surface area (Å²) in [6, 6.07) is 9.44. The number of hydrogen-bond acceptors (Lipinski definition) is 1.